The van der Waals surface area contributed by atoms with E-state index in [-0.39, 0.29) is 6.10 Å². The lowest BCUT2D eigenvalue weighted by Crippen LogP contribution is -2.50. The molecule has 0 spiro atoms. The molecule has 1 aromatic carbocycles. The quantitative estimate of drug-likeness (QED) is 0.579. The first kappa shape index (κ1) is 20.6. The van der Waals surface area contributed by atoms with E-state index in [1.54, 1.807) is 0 Å². The first-order valence-corrected chi connectivity index (χ1v) is 10.00. The Morgan fingerprint density at radius 1 is 1.19 bits per heavy atom. The fourth-order valence-corrected chi connectivity index (χ4v) is 3.18. The highest BCUT2D eigenvalue weighted by molar-refractivity contribution is 5.80. The smallest absolute Gasteiger partial charge is 0.191 e. The second-order valence-corrected chi connectivity index (χ2v) is 7.51. The van der Waals surface area contributed by atoms with E-state index in [0.29, 0.717) is 18.6 Å². The highest BCUT2D eigenvalue weighted by atomic mass is 16.5. The first-order chi connectivity index (χ1) is 12.5. The Kier molecular flexibility index (Phi) is 8.23. The van der Waals surface area contributed by atoms with Crippen molar-refractivity contribution >= 4 is 5.96 Å². The van der Waals surface area contributed by atoms with E-state index in [2.05, 4.69) is 62.3 Å². The normalized spacial score (nSPS) is 18.0. The van der Waals surface area contributed by atoms with Crippen molar-refractivity contribution in [1.29, 1.82) is 0 Å². The average molecular weight is 361 g/mol. The Morgan fingerprint density at radius 2 is 1.85 bits per heavy atom. The lowest BCUT2D eigenvalue weighted by atomic mass is 10.0. The van der Waals surface area contributed by atoms with Crippen molar-refractivity contribution in [1.82, 2.24) is 15.5 Å². The molecule has 5 nitrogen and oxygen atoms in total. The lowest BCUT2D eigenvalue weighted by molar-refractivity contribution is 0.167. The molecule has 0 aliphatic carbocycles. The van der Waals surface area contributed by atoms with Gasteiger partial charge in [0.25, 0.3) is 0 Å². The third-order valence-electron chi connectivity index (χ3n) is 4.81. The number of aryl methyl sites for hydroxylation is 1. The number of hydrogen-bond acceptors (Lipinski definition) is 3. The van der Waals surface area contributed by atoms with Crippen LogP contribution in [0.15, 0.2) is 29.3 Å². The Bertz CT molecular complexity index is 548. The van der Waals surface area contributed by atoms with Crippen molar-refractivity contribution < 1.29 is 4.74 Å². The van der Waals surface area contributed by atoms with Crippen molar-refractivity contribution in [2.24, 2.45) is 4.99 Å². The van der Waals surface area contributed by atoms with Crippen molar-refractivity contribution in [2.75, 3.05) is 26.2 Å². The van der Waals surface area contributed by atoms with Crippen LogP contribution in [-0.4, -0.2) is 55.2 Å². The highest BCUT2D eigenvalue weighted by Gasteiger charge is 2.21. The molecule has 0 aromatic heterocycles. The van der Waals surface area contributed by atoms with E-state index in [4.69, 9.17) is 9.73 Å². The van der Waals surface area contributed by atoms with Gasteiger partial charge in [-0.05, 0) is 59.6 Å². The second kappa shape index (κ2) is 10.4. The maximum Gasteiger partial charge on any atom is 0.191 e. The molecular formula is C21H36N4O. The molecule has 0 radical (unpaired) electrons. The second-order valence-electron chi connectivity index (χ2n) is 7.51. The number of nitrogens with one attached hydrogen (secondary N) is 2. The summed E-state index contributed by atoms with van der Waals surface area (Å²) in [7, 11) is 0. The van der Waals surface area contributed by atoms with Gasteiger partial charge in [-0.15, -0.1) is 0 Å². The third-order valence-corrected chi connectivity index (χ3v) is 4.81. The van der Waals surface area contributed by atoms with Crippen LogP contribution in [0.4, 0.5) is 0 Å². The summed E-state index contributed by atoms with van der Waals surface area (Å²) in [6.45, 7) is 14.6. The van der Waals surface area contributed by atoms with Crippen molar-refractivity contribution in [3.8, 4) is 5.75 Å². The van der Waals surface area contributed by atoms with Crippen LogP contribution in [0.2, 0.25) is 0 Å². The van der Waals surface area contributed by atoms with E-state index in [9.17, 15) is 0 Å². The maximum absolute atomic E-state index is 5.96. The van der Waals surface area contributed by atoms with Gasteiger partial charge in [0.05, 0.1) is 6.54 Å². The summed E-state index contributed by atoms with van der Waals surface area (Å²) in [6.07, 6.45) is 2.37. The predicted molar refractivity (Wildman–Crippen MR) is 110 cm³/mol. The van der Waals surface area contributed by atoms with Crippen LogP contribution in [-0.2, 0) is 0 Å². The van der Waals surface area contributed by atoms with Gasteiger partial charge in [0.15, 0.2) is 5.96 Å². The maximum atomic E-state index is 5.96. The van der Waals surface area contributed by atoms with Crippen molar-refractivity contribution in [3.63, 3.8) is 0 Å². The van der Waals surface area contributed by atoms with Crippen LogP contribution >= 0.6 is 0 Å². The Labute approximate surface area is 159 Å². The molecule has 2 N–H and O–H groups in total. The summed E-state index contributed by atoms with van der Waals surface area (Å²) in [5, 5.41) is 6.96. The molecule has 1 saturated heterocycles. The molecule has 1 heterocycles. The predicted octanol–water partition coefficient (Wildman–Crippen LogP) is 3.19. The first-order valence-electron chi connectivity index (χ1n) is 10.00. The number of aliphatic imine (C=N–C) groups is 1. The van der Waals surface area contributed by atoms with Crippen LogP contribution < -0.4 is 15.4 Å². The number of benzene rings is 1. The summed E-state index contributed by atoms with van der Waals surface area (Å²) in [4.78, 5) is 7.27. The zero-order chi connectivity index (χ0) is 18.9. The van der Waals surface area contributed by atoms with Crippen LogP contribution in [0.3, 0.4) is 0 Å². The minimum absolute atomic E-state index is 0.0379. The molecule has 1 aliphatic heterocycles. The van der Waals surface area contributed by atoms with Gasteiger partial charge in [-0.3, -0.25) is 0 Å². The van der Waals surface area contributed by atoms with Crippen LogP contribution in [0.1, 0.15) is 46.1 Å². The Morgan fingerprint density at radius 3 is 2.42 bits per heavy atom. The monoisotopic (exact) mass is 360 g/mol. The van der Waals surface area contributed by atoms with Gasteiger partial charge in [0.2, 0.25) is 0 Å². The zero-order valence-corrected chi connectivity index (χ0v) is 17.1. The molecule has 1 atom stereocenters. The molecule has 1 aliphatic rings. The Balaban J connectivity index is 1.82. The van der Waals surface area contributed by atoms with E-state index in [0.717, 1.165) is 44.2 Å². The number of rotatable bonds is 7. The highest BCUT2D eigenvalue weighted by Crippen LogP contribution is 2.14. The molecule has 0 bridgehead atoms. The number of hydrogen-bond donors (Lipinski definition) is 2. The summed E-state index contributed by atoms with van der Waals surface area (Å²) in [5.41, 5.74) is 1.24. The fraction of sp³-hybridized carbons (Fsp3) is 0.667. The molecule has 0 saturated carbocycles. The van der Waals surface area contributed by atoms with E-state index in [1.165, 1.54) is 5.56 Å². The number of nitrogens with zero attached hydrogens (tertiary/aromatic N) is 2. The van der Waals surface area contributed by atoms with E-state index in [1.807, 2.05) is 12.1 Å². The van der Waals surface area contributed by atoms with Gasteiger partial charge in [-0.2, -0.15) is 0 Å². The average Bonchev–Trinajstić information content (AvgIpc) is 2.62. The number of guanidine groups is 1. The molecule has 5 heteroatoms. The van der Waals surface area contributed by atoms with E-state index >= 15 is 0 Å². The zero-order valence-electron chi connectivity index (χ0n) is 17.1. The van der Waals surface area contributed by atoms with Gasteiger partial charge in [0, 0.05) is 31.7 Å². The fourth-order valence-electron chi connectivity index (χ4n) is 3.18. The standard InChI is InChI=1S/C21H36N4O/c1-6-22-21(24-19-11-13-25(14-12-19)16(2)3)23-15-18(5)26-20-9-7-17(4)8-10-20/h7-10,16,18-19H,6,11-15H2,1-5H3,(H2,22,23,24). The van der Waals surface area contributed by atoms with E-state index < -0.39 is 0 Å². The van der Waals surface area contributed by atoms with Gasteiger partial charge in [0.1, 0.15) is 11.9 Å². The summed E-state index contributed by atoms with van der Waals surface area (Å²) in [5.74, 6) is 1.80. The van der Waals surface area contributed by atoms with Crippen molar-refractivity contribution in [3.05, 3.63) is 29.8 Å². The molecule has 146 valence electrons. The van der Waals surface area contributed by atoms with Crippen LogP contribution in [0.5, 0.6) is 5.75 Å². The largest absolute Gasteiger partial charge is 0.489 e. The summed E-state index contributed by atoms with van der Waals surface area (Å²) >= 11 is 0. The molecule has 1 unspecified atom stereocenters. The number of likely N-dealkylation sites (tertiary alicyclic amines) is 1. The number of piperidine rings is 1. The molecule has 26 heavy (non-hydrogen) atoms. The van der Waals surface area contributed by atoms with Gasteiger partial charge in [-0.1, -0.05) is 17.7 Å². The van der Waals surface area contributed by atoms with Crippen LogP contribution in [0, 0.1) is 6.92 Å². The molecule has 2 rings (SSSR count). The van der Waals surface area contributed by atoms with Crippen LogP contribution in [0.25, 0.3) is 0 Å². The molecule has 1 aromatic rings. The molecular weight excluding hydrogens is 324 g/mol. The minimum atomic E-state index is 0.0379. The Hall–Kier alpha value is -1.75. The third kappa shape index (κ3) is 6.87. The summed E-state index contributed by atoms with van der Waals surface area (Å²) < 4.78 is 5.96. The lowest BCUT2D eigenvalue weighted by Gasteiger charge is -2.35. The van der Waals surface area contributed by atoms with Gasteiger partial charge >= 0.3 is 0 Å². The topological polar surface area (TPSA) is 48.9 Å². The van der Waals surface area contributed by atoms with Gasteiger partial charge in [-0.25, -0.2) is 4.99 Å². The molecule has 1 fully saturated rings. The van der Waals surface area contributed by atoms with Gasteiger partial charge < -0.3 is 20.3 Å². The molecule has 0 amide bonds. The van der Waals surface area contributed by atoms with Crippen molar-refractivity contribution in [2.45, 2.75) is 65.6 Å². The number of ether oxygens (including phenoxy) is 1. The minimum Gasteiger partial charge on any atom is -0.489 e. The SMILES string of the molecule is CCNC(=NCC(C)Oc1ccc(C)cc1)NC1CCN(C(C)C)CC1. The summed E-state index contributed by atoms with van der Waals surface area (Å²) in [6, 6.07) is 9.30.